The van der Waals surface area contributed by atoms with E-state index in [0.29, 0.717) is 17.3 Å². The quantitative estimate of drug-likeness (QED) is 0.733. The van der Waals surface area contributed by atoms with E-state index in [1.807, 2.05) is 0 Å². The average Bonchev–Trinajstić information content (AvgIpc) is 2.81. The Morgan fingerprint density at radius 3 is 2.75 bits per heavy atom. The molecule has 0 aliphatic rings. The Labute approximate surface area is 116 Å². The Morgan fingerprint density at radius 2 is 2.20 bits per heavy atom. The first-order valence-electron chi connectivity index (χ1n) is 5.74. The van der Waals surface area contributed by atoms with Crippen molar-refractivity contribution in [2.45, 2.75) is 18.4 Å². The Hall–Kier alpha value is -2.13. The number of methoxy groups -OCH3 is 1. The van der Waals surface area contributed by atoms with Gasteiger partial charge in [-0.05, 0) is 13.0 Å². The summed E-state index contributed by atoms with van der Waals surface area (Å²) in [4.78, 5) is 4.00. The number of aromatic nitrogens is 3. The third-order valence-corrected chi connectivity index (χ3v) is 4.20. The Bertz CT molecular complexity index is 693. The number of ether oxygens (including phenoxy) is 1. The van der Waals surface area contributed by atoms with Crippen molar-refractivity contribution in [2.75, 3.05) is 11.8 Å². The van der Waals surface area contributed by atoms with Gasteiger partial charge in [0.05, 0.1) is 30.4 Å². The van der Waals surface area contributed by atoms with Crippen LogP contribution in [-0.2, 0) is 16.6 Å². The molecule has 0 aromatic carbocycles. The van der Waals surface area contributed by atoms with Gasteiger partial charge in [-0.1, -0.05) is 0 Å². The van der Waals surface area contributed by atoms with Crippen LogP contribution < -0.4 is 15.2 Å². The number of rotatable bonds is 5. The van der Waals surface area contributed by atoms with Crippen molar-refractivity contribution in [3.8, 4) is 5.88 Å². The lowest BCUT2D eigenvalue weighted by molar-refractivity contribution is 0.398. The van der Waals surface area contributed by atoms with Crippen molar-refractivity contribution in [2.24, 2.45) is 5.73 Å². The molecule has 2 rings (SSSR count). The number of nitrogens with two attached hydrogens (primary N) is 1. The molecular formula is C11H15N5O3S. The van der Waals surface area contributed by atoms with Crippen molar-refractivity contribution in [1.82, 2.24) is 15.2 Å². The number of H-pyrrole nitrogens is 1. The molecule has 0 atom stereocenters. The van der Waals surface area contributed by atoms with Gasteiger partial charge in [0.1, 0.15) is 4.90 Å². The first-order valence-corrected chi connectivity index (χ1v) is 7.23. The molecule has 0 amide bonds. The van der Waals surface area contributed by atoms with Gasteiger partial charge in [0.2, 0.25) is 5.88 Å². The first kappa shape index (κ1) is 14.3. The van der Waals surface area contributed by atoms with E-state index in [-0.39, 0.29) is 17.1 Å². The summed E-state index contributed by atoms with van der Waals surface area (Å²) in [6, 6.07) is 3.12. The Kier molecular flexibility index (Phi) is 3.91. The van der Waals surface area contributed by atoms with Gasteiger partial charge in [0.25, 0.3) is 10.0 Å². The second-order valence-electron chi connectivity index (χ2n) is 4.02. The second-order valence-corrected chi connectivity index (χ2v) is 5.64. The highest BCUT2D eigenvalue weighted by atomic mass is 32.2. The standard InChI is InChI=1S/C11H15N5O3S/c1-7-11(9(5-12)15-14-7)20(17,18)16-8-3-4-10(19-2)13-6-8/h3-4,6,16H,5,12H2,1-2H3,(H,14,15). The van der Waals surface area contributed by atoms with E-state index in [2.05, 4.69) is 19.9 Å². The fourth-order valence-electron chi connectivity index (χ4n) is 1.73. The van der Waals surface area contributed by atoms with Crippen molar-refractivity contribution >= 4 is 15.7 Å². The highest BCUT2D eigenvalue weighted by Gasteiger charge is 2.23. The predicted octanol–water partition coefficient (Wildman–Crippen LogP) is 0.381. The number of hydrogen-bond acceptors (Lipinski definition) is 6. The molecule has 20 heavy (non-hydrogen) atoms. The number of anilines is 1. The van der Waals surface area contributed by atoms with Gasteiger partial charge in [0, 0.05) is 12.6 Å². The minimum absolute atomic E-state index is 0.0292. The summed E-state index contributed by atoms with van der Waals surface area (Å²) in [5, 5.41) is 6.48. The Balaban J connectivity index is 2.32. The molecule has 0 bridgehead atoms. The molecule has 4 N–H and O–H groups in total. The van der Waals surface area contributed by atoms with Crippen LogP contribution in [0.3, 0.4) is 0 Å². The van der Waals surface area contributed by atoms with E-state index in [9.17, 15) is 8.42 Å². The van der Waals surface area contributed by atoms with Crippen LogP contribution >= 0.6 is 0 Å². The van der Waals surface area contributed by atoms with Crippen LogP contribution in [0, 0.1) is 6.92 Å². The number of hydrogen-bond donors (Lipinski definition) is 3. The summed E-state index contributed by atoms with van der Waals surface area (Å²) in [6.07, 6.45) is 1.37. The molecule has 0 spiro atoms. The van der Waals surface area contributed by atoms with Gasteiger partial charge >= 0.3 is 0 Å². The van der Waals surface area contributed by atoms with Gasteiger partial charge < -0.3 is 10.5 Å². The zero-order valence-electron chi connectivity index (χ0n) is 11.0. The van der Waals surface area contributed by atoms with E-state index in [4.69, 9.17) is 10.5 Å². The minimum Gasteiger partial charge on any atom is -0.481 e. The highest BCUT2D eigenvalue weighted by Crippen LogP contribution is 2.21. The van der Waals surface area contributed by atoms with Crippen molar-refractivity contribution in [3.05, 3.63) is 29.7 Å². The topological polar surface area (TPSA) is 123 Å². The largest absolute Gasteiger partial charge is 0.481 e. The van der Waals surface area contributed by atoms with E-state index in [0.717, 1.165) is 0 Å². The van der Waals surface area contributed by atoms with Crippen molar-refractivity contribution in [3.63, 3.8) is 0 Å². The maximum absolute atomic E-state index is 12.3. The maximum atomic E-state index is 12.3. The molecule has 8 nitrogen and oxygen atoms in total. The summed E-state index contributed by atoms with van der Waals surface area (Å²) >= 11 is 0. The number of pyridine rings is 1. The van der Waals surface area contributed by atoms with Crippen LogP contribution in [-0.4, -0.2) is 30.7 Å². The summed E-state index contributed by atoms with van der Waals surface area (Å²) in [6.45, 7) is 1.65. The summed E-state index contributed by atoms with van der Waals surface area (Å²) in [5.41, 5.74) is 6.53. The van der Waals surface area contributed by atoms with Gasteiger partial charge in [-0.2, -0.15) is 5.10 Å². The van der Waals surface area contributed by atoms with E-state index >= 15 is 0 Å². The number of aromatic amines is 1. The molecule has 0 saturated carbocycles. The molecular weight excluding hydrogens is 282 g/mol. The summed E-state index contributed by atoms with van der Waals surface area (Å²) in [5.74, 6) is 0.398. The lowest BCUT2D eigenvalue weighted by atomic mass is 10.4. The Morgan fingerprint density at radius 1 is 1.45 bits per heavy atom. The van der Waals surface area contributed by atoms with Gasteiger partial charge in [0.15, 0.2) is 0 Å². The molecule has 0 aliphatic heterocycles. The number of sulfonamides is 1. The van der Waals surface area contributed by atoms with Crippen molar-refractivity contribution in [1.29, 1.82) is 0 Å². The molecule has 2 aromatic rings. The zero-order chi connectivity index (χ0) is 14.8. The lowest BCUT2D eigenvalue weighted by Gasteiger charge is -2.08. The molecule has 9 heteroatoms. The minimum atomic E-state index is -3.77. The van der Waals surface area contributed by atoms with Crippen LogP contribution in [0.25, 0.3) is 0 Å². The molecule has 108 valence electrons. The van der Waals surface area contributed by atoms with Crippen LogP contribution in [0.2, 0.25) is 0 Å². The zero-order valence-corrected chi connectivity index (χ0v) is 11.9. The molecule has 0 fully saturated rings. The van der Waals surface area contributed by atoms with E-state index < -0.39 is 10.0 Å². The van der Waals surface area contributed by atoms with Gasteiger partial charge in [-0.15, -0.1) is 0 Å². The summed E-state index contributed by atoms with van der Waals surface area (Å²) in [7, 11) is -2.29. The van der Waals surface area contributed by atoms with Gasteiger partial charge in [-0.25, -0.2) is 13.4 Å². The van der Waals surface area contributed by atoms with Crippen molar-refractivity contribution < 1.29 is 13.2 Å². The van der Waals surface area contributed by atoms with E-state index in [1.54, 1.807) is 19.1 Å². The number of aryl methyl sites for hydroxylation is 1. The molecule has 2 aromatic heterocycles. The van der Waals surface area contributed by atoms with Gasteiger partial charge in [-0.3, -0.25) is 9.82 Å². The average molecular weight is 297 g/mol. The molecule has 0 unspecified atom stereocenters. The van der Waals surface area contributed by atoms with Crippen LogP contribution in [0.15, 0.2) is 23.2 Å². The fraction of sp³-hybridized carbons (Fsp3) is 0.273. The summed E-state index contributed by atoms with van der Waals surface area (Å²) < 4.78 is 32.0. The number of nitrogens with zero attached hydrogens (tertiary/aromatic N) is 2. The second kappa shape index (κ2) is 5.47. The van der Waals surface area contributed by atoms with Crippen LogP contribution in [0.5, 0.6) is 5.88 Å². The third-order valence-electron chi connectivity index (χ3n) is 2.62. The maximum Gasteiger partial charge on any atom is 0.265 e. The fourth-order valence-corrected chi connectivity index (χ4v) is 3.15. The number of nitrogens with one attached hydrogen (secondary N) is 2. The van der Waals surface area contributed by atoms with E-state index in [1.165, 1.54) is 13.3 Å². The predicted molar refractivity (Wildman–Crippen MR) is 72.8 cm³/mol. The molecule has 2 heterocycles. The lowest BCUT2D eigenvalue weighted by Crippen LogP contribution is -2.16. The molecule has 0 saturated heterocycles. The van der Waals surface area contributed by atoms with Crippen LogP contribution in [0.1, 0.15) is 11.4 Å². The third kappa shape index (κ3) is 2.73. The highest BCUT2D eigenvalue weighted by molar-refractivity contribution is 7.92. The van der Waals surface area contributed by atoms with Crippen LogP contribution in [0.4, 0.5) is 5.69 Å². The molecule has 0 aliphatic carbocycles. The normalized spacial score (nSPS) is 11.3. The molecule has 0 radical (unpaired) electrons. The first-order chi connectivity index (χ1) is 9.47. The smallest absolute Gasteiger partial charge is 0.265 e. The SMILES string of the molecule is COc1ccc(NS(=O)(=O)c2c(CN)n[nH]c2C)cn1. The monoisotopic (exact) mass is 297 g/mol.